The van der Waals surface area contributed by atoms with Crippen molar-refractivity contribution in [3.8, 4) is 5.75 Å². The molecule has 3 nitrogen and oxygen atoms in total. The van der Waals surface area contributed by atoms with Crippen molar-refractivity contribution in [3.05, 3.63) is 23.8 Å². The first-order chi connectivity index (χ1) is 10.0. The van der Waals surface area contributed by atoms with E-state index in [2.05, 4.69) is 9.46 Å². The topological polar surface area (TPSA) is 38.3 Å². The molecular weight excluding hydrogens is 315 g/mol. The van der Waals surface area contributed by atoms with Gasteiger partial charge in [-0.1, -0.05) is 26.8 Å². The van der Waals surface area contributed by atoms with Crippen LogP contribution in [-0.4, -0.2) is 16.1 Å². The number of nitrogens with one attached hydrogen (secondary N) is 1. The highest BCUT2D eigenvalue weighted by atomic mass is 32.2. The van der Waals surface area contributed by atoms with Crippen molar-refractivity contribution in [1.29, 1.82) is 0 Å². The SMILES string of the molecule is CC.CCC(C)(C)NS(=O)c1ccc(C)c(OC(F)(F)F)c1. The van der Waals surface area contributed by atoms with E-state index in [0.717, 1.165) is 12.5 Å². The van der Waals surface area contributed by atoms with Gasteiger partial charge in [-0.05, 0) is 44.9 Å². The highest BCUT2D eigenvalue weighted by molar-refractivity contribution is 7.83. The van der Waals surface area contributed by atoms with E-state index >= 15 is 0 Å². The minimum Gasteiger partial charge on any atom is -0.405 e. The lowest BCUT2D eigenvalue weighted by atomic mass is 10.0. The van der Waals surface area contributed by atoms with E-state index in [1.165, 1.54) is 19.1 Å². The average molecular weight is 339 g/mol. The Labute approximate surface area is 132 Å². The number of alkyl halides is 3. The van der Waals surface area contributed by atoms with E-state index in [4.69, 9.17) is 0 Å². The van der Waals surface area contributed by atoms with Crippen molar-refractivity contribution in [3.63, 3.8) is 0 Å². The lowest BCUT2D eigenvalue weighted by Crippen LogP contribution is -2.39. The molecule has 0 spiro atoms. The standard InChI is InChI=1S/C13H18F3NO2S.C2H6/c1-5-12(3,4)17-20(18)10-7-6-9(2)11(8-10)19-13(14,15)16;1-2/h6-8,17H,5H2,1-4H3;1-2H3. The molecule has 1 aromatic carbocycles. The number of rotatable bonds is 5. The summed E-state index contributed by atoms with van der Waals surface area (Å²) in [6.45, 7) is 11.2. The van der Waals surface area contributed by atoms with Gasteiger partial charge in [-0.2, -0.15) is 0 Å². The maximum Gasteiger partial charge on any atom is 0.573 e. The van der Waals surface area contributed by atoms with Crippen LogP contribution >= 0.6 is 0 Å². The van der Waals surface area contributed by atoms with Gasteiger partial charge in [0, 0.05) is 5.54 Å². The Morgan fingerprint density at radius 3 is 2.23 bits per heavy atom. The lowest BCUT2D eigenvalue weighted by molar-refractivity contribution is -0.274. The molecule has 1 N–H and O–H groups in total. The summed E-state index contributed by atoms with van der Waals surface area (Å²) < 4.78 is 55.7. The van der Waals surface area contributed by atoms with Crippen molar-refractivity contribution < 1.29 is 22.1 Å². The molecule has 0 aliphatic heterocycles. The lowest BCUT2D eigenvalue weighted by Gasteiger charge is -2.23. The van der Waals surface area contributed by atoms with Gasteiger partial charge in [-0.3, -0.25) is 0 Å². The zero-order valence-corrected chi connectivity index (χ0v) is 14.6. The second kappa shape index (κ2) is 8.53. The molecule has 1 rings (SSSR count). The second-order valence-electron chi connectivity index (χ2n) is 5.08. The molecule has 1 aromatic rings. The van der Waals surface area contributed by atoms with Gasteiger partial charge in [0.25, 0.3) is 0 Å². The summed E-state index contributed by atoms with van der Waals surface area (Å²) in [6, 6.07) is 4.13. The fourth-order valence-corrected chi connectivity index (χ4v) is 2.48. The van der Waals surface area contributed by atoms with Crippen molar-refractivity contribution in [2.75, 3.05) is 0 Å². The fraction of sp³-hybridized carbons (Fsp3) is 0.600. The zero-order valence-electron chi connectivity index (χ0n) is 13.8. The number of hydrogen-bond donors (Lipinski definition) is 1. The van der Waals surface area contributed by atoms with Gasteiger partial charge in [0.05, 0.1) is 4.90 Å². The smallest absolute Gasteiger partial charge is 0.405 e. The third kappa shape index (κ3) is 7.26. The van der Waals surface area contributed by atoms with Gasteiger partial charge in [0.2, 0.25) is 0 Å². The third-order valence-electron chi connectivity index (χ3n) is 2.85. The van der Waals surface area contributed by atoms with Gasteiger partial charge in [-0.25, -0.2) is 8.93 Å². The molecule has 0 aliphatic rings. The molecule has 0 bridgehead atoms. The largest absolute Gasteiger partial charge is 0.573 e. The summed E-state index contributed by atoms with van der Waals surface area (Å²) in [7, 11) is -1.60. The van der Waals surface area contributed by atoms with Crippen molar-refractivity contribution >= 4 is 11.0 Å². The average Bonchev–Trinajstić information content (AvgIpc) is 2.41. The van der Waals surface area contributed by atoms with Gasteiger partial charge in [0.15, 0.2) is 0 Å². The molecule has 7 heteroatoms. The Morgan fingerprint density at radius 2 is 1.77 bits per heavy atom. The van der Waals surface area contributed by atoms with E-state index in [1.807, 2.05) is 34.6 Å². The molecule has 0 saturated carbocycles. The first-order valence-corrected chi connectivity index (χ1v) is 8.25. The molecule has 1 unspecified atom stereocenters. The Morgan fingerprint density at radius 1 is 1.23 bits per heavy atom. The molecule has 0 heterocycles. The predicted molar refractivity (Wildman–Crippen MR) is 83.1 cm³/mol. The van der Waals surface area contributed by atoms with Crippen molar-refractivity contribution in [2.45, 2.75) is 64.8 Å². The van der Waals surface area contributed by atoms with Crippen LogP contribution in [0.15, 0.2) is 23.1 Å². The summed E-state index contributed by atoms with van der Waals surface area (Å²) >= 11 is 0. The fourth-order valence-electron chi connectivity index (χ4n) is 1.31. The van der Waals surface area contributed by atoms with E-state index in [9.17, 15) is 17.4 Å². The van der Waals surface area contributed by atoms with Crippen LogP contribution in [0, 0.1) is 6.92 Å². The maximum absolute atomic E-state index is 12.3. The summed E-state index contributed by atoms with van der Waals surface area (Å²) in [4.78, 5) is 0.247. The Bertz CT molecular complexity index is 502. The van der Waals surface area contributed by atoms with Gasteiger partial charge in [0.1, 0.15) is 16.7 Å². The maximum atomic E-state index is 12.3. The number of hydrogen-bond acceptors (Lipinski definition) is 2. The first kappa shape index (κ1) is 20.9. The van der Waals surface area contributed by atoms with Crippen LogP contribution in [0.1, 0.15) is 46.6 Å². The summed E-state index contributed by atoms with van der Waals surface area (Å²) in [6.07, 6.45) is -4.03. The Kier molecular flexibility index (Phi) is 8.11. The second-order valence-corrected chi connectivity index (χ2v) is 6.30. The Hall–Kier alpha value is -1.08. The number of ether oxygens (including phenoxy) is 1. The molecule has 128 valence electrons. The van der Waals surface area contributed by atoms with Gasteiger partial charge in [-0.15, -0.1) is 13.2 Å². The molecular formula is C15H24F3NO2S. The zero-order chi connectivity index (χ0) is 17.6. The summed E-state index contributed by atoms with van der Waals surface area (Å²) in [5.41, 5.74) is -0.0429. The Balaban J connectivity index is 0.00000211. The number of benzene rings is 1. The molecule has 0 aromatic heterocycles. The van der Waals surface area contributed by atoms with Crippen LogP contribution in [-0.2, 0) is 11.0 Å². The molecule has 0 fully saturated rings. The molecule has 1 atom stereocenters. The minimum absolute atomic E-state index is 0.247. The van der Waals surface area contributed by atoms with E-state index < -0.39 is 17.3 Å². The highest BCUT2D eigenvalue weighted by Crippen LogP contribution is 2.28. The normalized spacial score (nSPS) is 13.1. The van der Waals surface area contributed by atoms with Gasteiger partial charge < -0.3 is 4.74 Å². The van der Waals surface area contributed by atoms with Crippen LogP contribution in [0.3, 0.4) is 0 Å². The van der Waals surface area contributed by atoms with Crippen LogP contribution < -0.4 is 9.46 Å². The van der Waals surface area contributed by atoms with Crippen LogP contribution in [0.5, 0.6) is 5.75 Å². The van der Waals surface area contributed by atoms with Crippen LogP contribution in [0.2, 0.25) is 0 Å². The number of halogens is 3. The summed E-state index contributed by atoms with van der Waals surface area (Å²) in [5.74, 6) is -0.334. The van der Waals surface area contributed by atoms with E-state index in [-0.39, 0.29) is 16.2 Å². The molecule has 0 amide bonds. The van der Waals surface area contributed by atoms with E-state index in [0.29, 0.717) is 5.56 Å². The molecule has 0 radical (unpaired) electrons. The van der Waals surface area contributed by atoms with Gasteiger partial charge >= 0.3 is 6.36 Å². The number of aryl methyl sites for hydroxylation is 1. The first-order valence-electron chi connectivity index (χ1n) is 7.10. The third-order valence-corrected chi connectivity index (χ3v) is 4.27. The summed E-state index contributed by atoms with van der Waals surface area (Å²) in [5, 5.41) is 0. The van der Waals surface area contributed by atoms with Crippen molar-refractivity contribution in [1.82, 2.24) is 4.72 Å². The van der Waals surface area contributed by atoms with E-state index in [1.54, 1.807) is 0 Å². The van der Waals surface area contributed by atoms with Crippen LogP contribution in [0.4, 0.5) is 13.2 Å². The quantitative estimate of drug-likeness (QED) is 0.843. The highest BCUT2D eigenvalue weighted by Gasteiger charge is 2.32. The monoisotopic (exact) mass is 339 g/mol. The van der Waals surface area contributed by atoms with Crippen LogP contribution in [0.25, 0.3) is 0 Å². The van der Waals surface area contributed by atoms with Crippen molar-refractivity contribution in [2.24, 2.45) is 0 Å². The predicted octanol–water partition coefficient (Wildman–Crippen LogP) is 4.72. The molecule has 0 saturated heterocycles. The minimum atomic E-state index is -4.76. The molecule has 22 heavy (non-hydrogen) atoms. The molecule has 0 aliphatic carbocycles.